The zero-order valence-electron chi connectivity index (χ0n) is 16.4. The molecule has 3 aromatic rings. The normalized spacial score (nSPS) is 16.7. The lowest BCUT2D eigenvalue weighted by atomic mass is 10.1. The summed E-state index contributed by atoms with van der Waals surface area (Å²) in [4.78, 5) is 29.9. The van der Waals surface area contributed by atoms with E-state index < -0.39 is 0 Å². The number of nitrogens with zero attached hydrogens (tertiary/aromatic N) is 5. The van der Waals surface area contributed by atoms with Crippen LogP contribution in [0.15, 0.2) is 29.8 Å². The minimum Gasteiger partial charge on any atom is -0.497 e. The molecule has 0 spiro atoms. The molecule has 11 heteroatoms. The maximum Gasteiger partial charge on any atom is 0.260 e. The summed E-state index contributed by atoms with van der Waals surface area (Å²) < 4.78 is 10.8. The molecule has 1 aliphatic rings. The predicted molar refractivity (Wildman–Crippen MR) is 113 cm³/mol. The lowest BCUT2D eigenvalue weighted by Gasteiger charge is -2.41. The molecule has 30 heavy (non-hydrogen) atoms. The van der Waals surface area contributed by atoms with E-state index in [4.69, 9.17) is 15.2 Å². The summed E-state index contributed by atoms with van der Waals surface area (Å²) in [5, 5.41) is 9.96. The van der Waals surface area contributed by atoms with Crippen molar-refractivity contribution in [3.05, 3.63) is 29.8 Å². The van der Waals surface area contributed by atoms with Gasteiger partial charge in [-0.1, -0.05) is 6.07 Å². The van der Waals surface area contributed by atoms with Crippen LogP contribution in [-0.4, -0.2) is 76.9 Å². The predicted octanol–water partition coefficient (Wildman–Crippen LogP) is 0.766. The van der Waals surface area contributed by atoms with E-state index >= 15 is 0 Å². The Kier molecular flexibility index (Phi) is 5.81. The highest BCUT2D eigenvalue weighted by atomic mass is 32.1. The molecular formula is C19H22N6O4S. The highest BCUT2D eigenvalue weighted by molar-refractivity contribution is 7.16. The van der Waals surface area contributed by atoms with Crippen molar-refractivity contribution >= 4 is 39.4 Å². The lowest BCUT2D eigenvalue weighted by Crippen LogP contribution is -2.57. The first-order valence-corrected chi connectivity index (χ1v) is 10.3. The number of nitrogens with two attached hydrogens (primary N) is 1. The molecule has 1 fully saturated rings. The summed E-state index contributed by atoms with van der Waals surface area (Å²) in [6.45, 7) is 1.05. The van der Waals surface area contributed by atoms with Crippen molar-refractivity contribution in [1.29, 1.82) is 0 Å². The van der Waals surface area contributed by atoms with Crippen molar-refractivity contribution in [2.24, 2.45) is 0 Å². The van der Waals surface area contributed by atoms with E-state index in [9.17, 15) is 9.90 Å². The first-order valence-electron chi connectivity index (χ1n) is 9.38. The number of thiazole rings is 1. The molecule has 1 amide bonds. The average Bonchev–Trinajstić information content (AvgIpc) is 3.25. The number of rotatable bonds is 6. The minimum absolute atomic E-state index is 0.0951. The van der Waals surface area contributed by atoms with Crippen LogP contribution in [0.4, 0.5) is 11.8 Å². The number of amides is 1. The van der Waals surface area contributed by atoms with Crippen molar-refractivity contribution < 1.29 is 19.4 Å². The molecule has 1 aromatic carbocycles. The van der Waals surface area contributed by atoms with Crippen LogP contribution in [0, 0.1) is 0 Å². The Bertz CT molecular complexity index is 1040. The number of carbonyl (C=O) groups excluding carboxylic acids is 1. The number of hydrogen-bond donors (Lipinski definition) is 2. The van der Waals surface area contributed by atoms with Crippen molar-refractivity contribution in [1.82, 2.24) is 19.9 Å². The van der Waals surface area contributed by atoms with Gasteiger partial charge in [-0.05, 0) is 12.1 Å². The molecule has 0 bridgehead atoms. The van der Waals surface area contributed by atoms with Gasteiger partial charge in [-0.2, -0.15) is 4.98 Å². The van der Waals surface area contributed by atoms with Crippen LogP contribution in [0.25, 0.3) is 10.3 Å². The highest BCUT2D eigenvalue weighted by Gasteiger charge is 2.32. The molecule has 1 unspecified atom stereocenters. The maximum absolute atomic E-state index is 12.7. The molecule has 3 heterocycles. The van der Waals surface area contributed by atoms with E-state index in [0.29, 0.717) is 47.3 Å². The van der Waals surface area contributed by atoms with Gasteiger partial charge in [0.1, 0.15) is 17.0 Å². The third-order valence-corrected chi connectivity index (χ3v) is 5.64. The smallest absolute Gasteiger partial charge is 0.260 e. The number of anilines is 2. The summed E-state index contributed by atoms with van der Waals surface area (Å²) in [7, 11) is 1.57. The molecule has 0 saturated carbocycles. The number of piperazine rings is 1. The van der Waals surface area contributed by atoms with Crippen LogP contribution in [-0.2, 0) is 4.79 Å². The minimum atomic E-state index is -0.335. The Morgan fingerprint density at radius 3 is 2.97 bits per heavy atom. The Labute approximate surface area is 176 Å². The van der Waals surface area contributed by atoms with Crippen LogP contribution in [0.5, 0.6) is 11.5 Å². The van der Waals surface area contributed by atoms with E-state index in [1.165, 1.54) is 11.3 Å². The molecule has 158 valence electrons. The van der Waals surface area contributed by atoms with Gasteiger partial charge in [-0.3, -0.25) is 4.79 Å². The molecular weight excluding hydrogens is 408 g/mol. The topological polar surface area (TPSA) is 127 Å². The number of carbonyl (C=O) groups is 1. The van der Waals surface area contributed by atoms with E-state index in [0.717, 1.165) is 0 Å². The van der Waals surface area contributed by atoms with Gasteiger partial charge in [-0.15, -0.1) is 11.3 Å². The summed E-state index contributed by atoms with van der Waals surface area (Å²) in [5.41, 5.74) is 8.18. The number of nitrogen functional groups attached to an aromatic ring is 1. The molecule has 3 N–H and O–H groups in total. The number of benzene rings is 1. The number of aliphatic hydroxyl groups excluding tert-OH is 1. The third kappa shape index (κ3) is 4.07. The van der Waals surface area contributed by atoms with E-state index in [2.05, 4.69) is 15.0 Å². The number of methoxy groups -OCH3 is 1. The van der Waals surface area contributed by atoms with Crippen LogP contribution in [0.2, 0.25) is 0 Å². The van der Waals surface area contributed by atoms with Crippen molar-refractivity contribution in [3.63, 3.8) is 0 Å². The van der Waals surface area contributed by atoms with Gasteiger partial charge in [-0.25, -0.2) is 9.97 Å². The Morgan fingerprint density at radius 2 is 2.17 bits per heavy atom. The first-order chi connectivity index (χ1) is 14.6. The van der Waals surface area contributed by atoms with E-state index in [-0.39, 0.29) is 31.1 Å². The molecule has 0 radical (unpaired) electrons. The standard InChI is InChI=1S/C19H22N6O4S/c1-28-13-3-2-4-14(7-13)29-10-15(27)24-5-6-25(12(8-24)9-26)17-16-18(30-11-21-16)23-19(20)22-17/h2-4,7,11-12,26H,5-6,8-10H2,1H3,(H2,20,22,23). The summed E-state index contributed by atoms with van der Waals surface area (Å²) in [5.74, 6) is 1.80. The Hall–Kier alpha value is -3.18. The first kappa shape index (κ1) is 20.1. The zero-order chi connectivity index (χ0) is 21.1. The molecule has 1 saturated heterocycles. The number of hydrogen-bond acceptors (Lipinski definition) is 10. The van der Waals surface area contributed by atoms with Crippen molar-refractivity contribution in [2.45, 2.75) is 6.04 Å². The fraction of sp³-hybridized carbons (Fsp3) is 0.368. The molecule has 0 aliphatic carbocycles. The number of aliphatic hydroxyl groups is 1. The Balaban J connectivity index is 1.44. The van der Waals surface area contributed by atoms with Crippen LogP contribution >= 0.6 is 11.3 Å². The monoisotopic (exact) mass is 430 g/mol. The van der Waals surface area contributed by atoms with Crippen LogP contribution in [0.3, 0.4) is 0 Å². The van der Waals surface area contributed by atoms with E-state index in [1.54, 1.807) is 41.8 Å². The second-order valence-electron chi connectivity index (χ2n) is 6.75. The fourth-order valence-electron chi connectivity index (χ4n) is 3.41. The van der Waals surface area contributed by atoms with Gasteiger partial charge in [0.2, 0.25) is 5.95 Å². The van der Waals surface area contributed by atoms with Crippen molar-refractivity contribution in [2.75, 3.05) is 50.6 Å². The third-order valence-electron chi connectivity index (χ3n) is 4.92. The Morgan fingerprint density at radius 1 is 1.33 bits per heavy atom. The SMILES string of the molecule is COc1cccc(OCC(=O)N2CCN(c3nc(N)nc4scnc34)C(CO)C2)c1. The molecule has 1 atom stereocenters. The fourth-order valence-corrected chi connectivity index (χ4v) is 4.07. The van der Waals surface area contributed by atoms with Gasteiger partial charge in [0, 0.05) is 25.7 Å². The number of ether oxygens (including phenoxy) is 2. The number of aromatic nitrogens is 3. The highest BCUT2D eigenvalue weighted by Crippen LogP contribution is 2.29. The lowest BCUT2D eigenvalue weighted by molar-refractivity contribution is -0.134. The van der Waals surface area contributed by atoms with Crippen LogP contribution < -0.4 is 20.1 Å². The maximum atomic E-state index is 12.7. The molecule has 1 aliphatic heterocycles. The van der Waals surface area contributed by atoms with Gasteiger partial charge < -0.3 is 30.1 Å². The zero-order valence-corrected chi connectivity index (χ0v) is 17.2. The van der Waals surface area contributed by atoms with Gasteiger partial charge in [0.05, 0.1) is 25.3 Å². The van der Waals surface area contributed by atoms with Gasteiger partial charge in [0.25, 0.3) is 5.91 Å². The van der Waals surface area contributed by atoms with Gasteiger partial charge >= 0.3 is 0 Å². The van der Waals surface area contributed by atoms with Crippen molar-refractivity contribution in [3.8, 4) is 11.5 Å². The largest absolute Gasteiger partial charge is 0.497 e. The van der Waals surface area contributed by atoms with Gasteiger partial charge in [0.15, 0.2) is 17.3 Å². The van der Waals surface area contributed by atoms with E-state index in [1.807, 2.05) is 4.90 Å². The summed E-state index contributed by atoms with van der Waals surface area (Å²) in [6.07, 6.45) is 0. The summed E-state index contributed by atoms with van der Waals surface area (Å²) in [6, 6.07) is 6.76. The average molecular weight is 430 g/mol. The molecule has 2 aromatic heterocycles. The molecule has 10 nitrogen and oxygen atoms in total. The van der Waals surface area contributed by atoms with Crippen LogP contribution in [0.1, 0.15) is 0 Å². The summed E-state index contributed by atoms with van der Waals surface area (Å²) >= 11 is 1.38. The molecule has 4 rings (SSSR count). The quantitative estimate of drug-likeness (QED) is 0.583. The second kappa shape index (κ2) is 8.67. The second-order valence-corrected chi connectivity index (χ2v) is 7.58. The number of fused-ring (bicyclic) bond motifs is 1.